The lowest BCUT2D eigenvalue weighted by atomic mass is 10.1. The lowest BCUT2D eigenvalue weighted by molar-refractivity contribution is 0.573. The van der Waals surface area contributed by atoms with Crippen molar-refractivity contribution in [3.05, 3.63) is 35.4 Å². The van der Waals surface area contributed by atoms with E-state index in [4.69, 9.17) is 5.73 Å². The summed E-state index contributed by atoms with van der Waals surface area (Å²) in [5, 5.41) is 0. The van der Waals surface area contributed by atoms with E-state index in [1.807, 2.05) is 24.3 Å². The molecule has 0 aromatic heterocycles. The van der Waals surface area contributed by atoms with Gasteiger partial charge in [-0.05, 0) is 18.1 Å². The first kappa shape index (κ1) is 12.2. The van der Waals surface area contributed by atoms with Crippen LogP contribution in [-0.4, -0.2) is 14.7 Å². The molecule has 5 heteroatoms. The van der Waals surface area contributed by atoms with Gasteiger partial charge in [-0.3, -0.25) is 0 Å². The van der Waals surface area contributed by atoms with E-state index in [9.17, 15) is 8.42 Å². The van der Waals surface area contributed by atoms with Crippen LogP contribution in [0.5, 0.6) is 0 Å². The van der Waals surface area contributed by atoms with Crippen LogP contribution < -0.4 is 10.5 Å². The SMILES string of the molecule is CC(NS(C)(=O)=O)c1ccc(CN)cc1. The Morgan fingerprint density at radius 1 is 1.33 bits per heavy atom. The van der Waals surface area contributed by atoms with E-state index in [0.29, 0.717) is 6.54 Å². The fourth-order valence-electron chi connectivity index (χ4n) is 1.33. The second-order valence-corrected chi connectivity index (χ2v) is 5.34. The van der Waals surface area contributed by atoms with Gasteiger partial charge in [0, 0.05) is 12.6 Å². The van der Waals surface area contributed by atoms with Crippen molar-refractivity contribution in [3.63, 3.8) is 0 Å². The van der Waals surface area contributed by atoms with E-state index in [0.717, 1.165) is 17.4 Å². The van der Waals surface area contributed by atoms with Gasteiger partial charge in [-0.25, -0.2) is 13.1 Å². The van der Waals surface area contributed by atoms with Gasteiger partial charge in [-0.1, -0.05) is 24.3 Å². The average molecular weight is 228 g/mol. The Hall–Kier alpha value is -0.910. The summed E-state index contributed by atoms with van der Waals surface area (Å²) < 4.78 is 24.5. The Morgan fingerprint density at radius 3 is 2.27 bits per heavy atom. The number of rotatable bonds is 4. The first-order chi connectivity index (χ1) is 6.92. The lowest BCUT2D eigenvalue weighted by Gasteiger charge is -2.12. The molecule has 15 heavy (non-hydrogen) atoms. The molecule has 84 valence electrons. The number of hydrogen-bond donors (Lipinski definition) is 2. The predicted molar refractivity (Wildman–Crippen MR) is 60.7 cm³/mol. The minimum atomic E-state index is -3.16. The van der Waals surface area contributed by atoms with Crippen molar-refractivity contribution in [2.45, 2.75) is 19.5 Å². The molecule has 1 unspecified atom stereocenters. The topological polar surface area (TPSA) is 72.2 Å². The Morgan fingerprint density at radius 2 is 1.87 bits per heavy atom. The van der Waals surface area contributed by atoms with Crippen molar-refractivity contribution >= 4 is 10.0 Å². The van der Waals surface area contributed by atoms with E-state index in [1.165, 1.54) is 0 Å². The first-order valence-electron chi connectivity index (χ1n) is 4.68. The molecular formula is C10H16N2O2S. The van der Waals surface area contributed by atoms with Crippen molar-refractivity contribution in [3.8, 4) is 0 Å². The molecule has 0 heterocycles. The molecular weight excluding hydrogens is 212 g/mol. The highest BCUT2D eigenvalue weighted by Gasteiger charge is 2.10. The van der Waals surface area contributed by atoms with Crippen LogP contribution in [0.1, 0.15) is 24.1 Å². The van der Waals surface area contributed by atoms with Gasteiger partial charge in [0.15, 0.2) is 0 Å². The van der Waals surface area contributed by atoms with Gasteiger partial charge in [0.25, 0.3) is 0 Å². The highest BCUT2D eigenvalue weighted by molar-refractivity contribution is 7.88. The third-order valence-electron chi connectivity index (χ3n) is 2.11. The molecule has 1 aromatic rings. The Balaban J connectivity index is 2.78. The fourth-order valence-corrected chi connectivity index (χ4v) is 2.11. The molecule has 0 aliphatic carbocycles. The van der Waals surface area contributed by atoms with Crippen LogP contribution in [0.25, 0.3) is 0 Å². The van der Waals surface area contributed by atoms with Crippen molar-refractivity contribution in [1.29, 1.82) is 0 Å². The van der Waals surface area contributed by atoms with Crippen molar-refractivity contribution < 1.29 is 8.42 Å². The summed E-state index contributed by atoms with van der Waals surface area (Å²) in [5.41, 5.74) is 7.43. The Bertz CT molecular complexity index is 412. The van der Waals surface area contributed by atoms with Gasteiger partial charge in [-0.15, -0.1) is 0 Å². The third kappa shape index (κ3) is 3.99. The molecule has 0 spiro atoms. The molecule has 0 saturated heterocycles. The third-order valence-corrected chi connectivity index (χ3v) is 2.89. The molecule has 1 rings (SSSR count). The van der Waals surface area contributed by atoms with E-state index >= 15 is 0 Å². The minimum Gasteiger partial charge on any atom is -0.326 e. The maximum Gasteiger partial charge on any atom is 0.209 e. The van der Waals surface area contributed by atoms with Gasteiger partial charge in [-0.2, -0.15) is 0 Å². The molecule has 0 amide bonds. The quantitative estimate of drug-likeness (QED) is 0.799. The minimum absolute atomic E-state index is 0.216. The highest BCUT2D eigenvalue weighted by Crippen LogP contribution is 2.13. The Kier molecular flexibility index (Phi) is 3.84. The monoisotopic (exact) mass is 228 g/mol. The van der Waals surface area contributed by atoms with E-state index < -0.39 is 10.0 Å². The number of nitrogens with one attached hydrogen (secondary N) is 1. The van der Waals surface area contributed by atoms with Crippen molar-refractivity contribution in [2.24, 2.45) is 5.73 Å². The van der Waals surface area contributed by atoms with Crippen molar-refractivity contribution in [2.75, 3.05) is 6.26 Å². The molecule has 3 N–H and O–H groups in total. The summed E-state index contributed by atoms with van der Waals surface area (Å²) in [4.78, 5) is 0. The molecule has 1 atom stereocenters. The van der Waals surface area contributed by atoms with Crippen LogP contribution in [0, 0.1) is 0 Å². The second kappa shape index (κ2) is 4.74. The van der Waals surface area contributed by atoms with Crippen molar-refractivity contribution in [1.82, 2.24) is 4.72 Å². The number of nitrogens with two attached hydrogens (primary N) is 1. The van der Waals surface area contributed by atoms with Gasteiger partial charge in [0.2, 0.25) is 10.0 Å². The van der Waals surface area contributed by atoms with E-state index in [-0.39, 0.29) is 6.04 Å². The van der Waals surface area contributed by atoms with Gasteiger partial charge in [0.1, 0.15) is 0 Å². The normalized spacial score (nSPS) is 13.8. The summed E-state index contributed by atoms with van der Waals surface area (Å²) in [6.45, 7) is 2.30. The highest BCUT2D eigenvalue weighted by atomic mass is 32.2. The van der Waals surface area contributed by atoms with Gasteiger partial charge in [0.05, 0.1) is 6.26 Å². The number of hydrogen-bond acceptors (Lipinski definition) is 3. The maximum atomic E-state index is 11.0. The average Bonchev–Trinajstić information content (AvgIpc) is 2.15. The van der Waals surface area contributed by atoms with Crippen LogP contribution in [0.4, 0.5) is 0 Å². The number of benzene rings is 1. The summed E-state index contributed by atoms with van der Waals surface area (Å²) in [6.07, 6.45) is 1.15. The zero-order chi connectivity index (χ0) is 11.5. The first-order valence-corrected chi connectivity index (χ1v) is 6.57. The zero-order valence-corrected chi connectivity index (χ0v) is 9.71. The molecule has 0 aliphatic rings. The second-order valence-electron chi connectivity index (χ2n) is 3.56. The molecule has 0 aliphatic heterocycles. The zero-order valence-electron chi connectivity index (χ0n) is 8.90. The van der Waals surface area contributed by atoms with Crippen LogP contribution in [0.3, 0.4) is 0 Å². The van der Waals surface area contributed by atoms with Crippen LogP contribution >= 0.6 is 0 Å². The van der Waals surface area contributed by atoms with Crippen LogP contribution in [-0.2, 0) is 16.6 Å². The maximum absolute atomic E-state index is 11.0. The molecule has 1 aromatic carbocycles. The molecule has 0 fully saturated rings. The summed E-state index contributed by atoms with van der Waals surface area (Å²) in [5.74, 6) is 0. The van der Waals surface area contributed by atoms with Crippen LogP contribution in [0.2, 0.25) is 0 Å². The number of sulfonamides is 1. The Labute approximate surface area is 90.5 Å². The van der Waals surface area contributed by atoms with E-state index in [2.05, 4.69) is 4.72 Å². The van der Waals surface area contributed by atoms with Crippen LogP contribution in [0.15, 0.2) is 24.3 Å². The summed E-state index contributed by atoms with van der Waals surface area (Å²) >= 11 is 0. The molecule has 0 bridgehead atoms. The van der Waals surface area contributed by atoms with Gasteiger partial charge >= 0.3 is 0 Å². The molecule has 4 nitrogen and oxygen atoms in total. The summed E-state index contributed by atoms with van der Waals surface area (Å²) in [7, 11) is -3.16. The standard InChI is InChI=1S/C10H16N2O2S/c1-8(12-15(2,13)14)10-5-3-9(7-11)4-6-10/h3-6,8,12H,7,11H2,1-2H3. The largest absolute Gasteiger partial charge is 0.326 e. The molecule has 0 saturated carbocycles. The summed E-state index contributed by atoms with van der Waals surface area (Å²) in [6, 6.07) is 7.34. The molecule has 0 radical (unpaired) electrons. The fraction of sp³-hybridized carbons (Fsp3) is 0.400. The lowest BCUT2D eigenvalue weighted by Crippen LogP contribution is -2.25. The van der Waals surface area contributed by atoms with E-state index in [1.54, 1.807) is 6.92 Å². The predicted octanol–water partition coefficient (Wildman–Crippen LogP) is 0.755. The van der Waals surface area contributed by atoms with Gasteiger partial charge < -0.3 is 5.73 Å². The smallest absolute Gasteiger partial charge is 0.209 e.